The molecule has 9 atom stereocenters. The first-order valence-corrected chi connectivity index (χ1v) is 18.1. The maximum absolute atomic E-state index is 12.1. The fourth-order valence-electron chi connectivity index (χ4n) is 9.58. The number of aliphatic hydroxyl groups excluding tert-OH is 1. The average Bonchev–Trinajstić information content (AvgIpc) is 3.39. The van der Waals surface area contributed by atoms with Crippen LogP contribution >= 0.6 is 0 Å². The first kappa shape index (κ1) is 35.5. The van der Waals surface area contributed by atoms with Crippen molar-refractivity contribution in [2.24, 2.45) is 46.3 Å². The van der Waals surface area contributed by atoms with Gasteiger partial charge in [-0.05, 0) is 114 Å². The lowest BCUT2D eigenvalue weighted by molar-refractivity contribution is -0.147. The van der Waals surface area contributed by atoms with Gasteiger partial charge in [-0.3, -0.25) is 4.79 Å². The van der Waals surface area contributed by atoms with Gasteiger partial charge in [0.2, 0.25) is 0 Å². The number of esters is 1. The summed E-state index contributed by atoms with van der Waals surface area (Å²) in [6, 6.07) is 21.7. The molecule has 2 aliphatic rings. The Labute approximate surface area is 275 Å². The highest BCUT2D eigenvalue weighted by Crippen LogP contribution is 2.64. The Morgan fingerprint density at radius 1 is 0.978 bits per heavy atom. The van der Waals surface area contributed by atoms with E-state index in [9.17, 15) is 9.90 Å². The van der Waals surface area contributed by atoms with Crippen molar-refractivity contribution >= 4 is 11.5 Å². The SMILES string of the molecule is CC[C@@H](CCC(C)(C)C1CC[C@@]2(C)C(CC[C@@H]2[C@H](C)CC=C(c2ccccc2)c2ccccc2)C1[C@H](O)[C@@H](C)CC)OC(C)=O. The van der Waals surface area contributed by atoms with Gasteiger partial charge in [0.15, 0.2) is 0 Å². The van der Waals surface area contributed by atoms with E-state index in [1.165, 1.54) is 49.3 Å². The van der Waals surface area contributed by atoms with E-state index in [0.717, 1.165) is 32.1 Å². The van der Waals surface area contributed by atoms with Crippen LogP contribution in [0.2, 0.25) is 0 Å². The molecule has 0 aliphatic heterocycles. The second kappa shape index (κ2) is 15.5. The highest BCUT2D eigenvalue weighted by molar-refractivity contribution is 5.79. The van der Waals surface area contributed by atoms with E-state index in [1.807, 2.05) is 0 Å². The van der Waals surface area contributed by atoms with Crippen molar-refractivity contribution in [3.8, 4) is 0 Å². The van der Waals surface area contributed by atoms with Crippen LogP contribution in [0.3, 0.4) is 0 Å². The molecule has 0 radical (unpaired) electrons. The van der Waals surface area contributed by atoms with E-state index < -0.39 is 0 Å². The lowest BCUT2D eigenvalue weighted by atomic mass is 9.50. The molecule has 0 aromatic heterocycles. The first-order valence-electron chi connectivity index (χ1n) is 18.1. The number of rotatable bonds is 14. The molecule has 1 N–H and O–H groups in total. The smallest absolute Gasteiger partial charge is 0.302 e. The molecule has 0 bridgehead atoms. The molecule has 0 spiro atoms. The number of benzene rings is 2. The minimum absolute atomic E-state index is 0.0185. The number of hydrogen-bond donors (Lipinski definition) is 1. The fraction of sp³-hybridized carbons (Fsp3) is 0.643. The normalized spacial score (nSPS) is 27.6. The van der Waals surface area contributed by atoms with Crippen molar-refractivity contribution in [1.29, 1.82) is 0 Å². The van der Waals surface area contributed by atoms with Crippen molar-refractivity contribution in [3.05, 3.63) is 77.9 Å². The minimum atomic E-state index is -0.281. The Bertz CT molecular complexity index is 1190. The number of allylic oxidation sites excluding steroid dienone is 1. The molecule has 248 valence electrons. The van der Waals surface area contributed by atoms with Crippen LogP contribution in [-0.2, 0) is 9.53 Å². The summed E-state index contributed by atoms with van der Waals surface area (Å²) in [6.45, 7) is 18.0. The maximum Gasteiger partial charge on any atom is 0.302 e. The van der Waals surface area contributed by atoms with Crippen LogP contribution in [0.1, 0.15) is 124 Å². The molecule has 4 rings (SSSR count). The van der Waals surface area contributed by atoms with Gasteiger partial charge >= 0.3 is 5.97 Å². The molecule has 2 aromatic rings. The monoisotopic (exact) mass is 614 g/mol. The quantitative estimate of drug-likeness (QED) is 0.215. The molecule has 0 amide bonds. The van der Waals surface area contributed by atoms with Crippen LogP contribution in [0, 0.1) is 46.3 Å². The Morgan fingerprint density at radius 2 is 1.58 bits per heavy atom. The Balaban J connectivity index is 1.58. The standard InChI is InChI=1S/C42H62O3/c1-9-29(3)40(44)39-37(41(6,7)27-25-34(10-2)45-31(5)43)26-28-42(8)36(23-24-38(39)42)30(4)21-22-35(32-17-13-11-14-18-32)33-19-15-12-16-20-33/h11-20,22,29-30,34,36-40,44H,9-10,21,23-28H2,1-8H3/t29-,30+,34-,36+,37?,38?,39?,40+,42+/m0/s1. The first-order chi connectivity index (χ1) is 21.4. The van der Waals surface area contributed by atoms with Crippen molar-refractivity contribution in [2.75, 3.05) is 0 Å². The van der Waals surface area contributed by atoms with E-state index in [0.29, 0.717) is 35.5 Å². The highest BCUT2D eigenvalue weighted by Gasteiger charge is 2.58. The number of fused-ring (bicyclic) bond motifs is 1. The molecule has 0 saturated heterocycles. The van der Waals surface area contributed by atoms with Crippen molar-refractivity contribution in [3.63, 3.8) is 0 Å². The van der Waals surface area contributed by atoms with E-state index in [2.05, 4.69) is 115 Å². The summed E-state index contributed by atoms with van der Waals surface area (Å²) in [5.74, 6) is 2.63. The second-order valence-electron chi connectivity index (χ2n) is 15.6. The van der Waals surface area contributed by atoms with Gasteiger partial charge in [-0.25, -0.2) is 0 Å². The van der Waals surface area contributed by atoms with Gasteiger partial charge in [0, 0.05) is 6.92 Å². The number of ether oxygens (including phenoxy) is 1. The van der Waals surface area contributed by atoms with Gasteiger partial charge in [-0.15, -0.1) is 0 Å². The maximum atomic E-state index is 12.1. The van der Waals surface area contributed by atoms with E-state index in [-0.39, 0.29) is 29.0 Å². The van der Waals surface area contributed by atoms with E-state index in [1.54, 1.807) is 0 Å². The van der Waals surface area contributed by atoms with Crippen LogP contribution in [0.4, 0.5) is 0 Å². The number of carbonyl (C=O) groups excluding carboxylic acids is 1. The lowest BCUT2D eigenvalue weighted by Gasteiger charge is -2.56. The van der Waals surface area contributed by atoms with Crippen LogP contribution in [0.5, 0.6) is 0 Å². The molecule has 2 aromatic carbocycles. The zero-order valence-corrected chi connectivity index (χ0v) is 29.6. The lowest BCUT2D eigenvalue weighted by Crippen LogP contribution is -2.52. The van der Waals surface area contributed by atoms with Gasteiger partial charge in [-0.1, -0.05) is 122 Å². The zero-order valence-electron chi connectivity index (χ0n) is 29.6. The van der Waals surface area contributed by atoms with Gasteiger partial charge in [0.25, 0.3) is 0 Å². The summed E-state index contributed by atoms with van der Waals surface area (Å²) >= 11 is 0. The molecule has 45 heavy (non-hydrogen) atoms. The number of carbonyl (C=O) groups is 1. The Hall–Kier alpha value is -2.39. The third-order valence-corrected chi connectivity index (χ3v) is 12.5. The van der Waals surface area contributed by atoms with E-state index in [4.69, 9.17) is 4.74 Å². The molecule has 0 heterocycles. The van der Waals surface area contributed by atoms with Gasteiger partial charge in [0.05, 0.1) is 6.10 Å². The summed E-state index contributed by atoms with van der Waals surface area (Å²) in [5.41, 5.74) is 4.20. The van der Waals surface area contributed by atoms with Crippen LogP contribution < -0.4 is 0 Å². The molecule has 2 saturated carbocycles. The van der Waals surface area contributed by atoms with Crippen LogP contribution in [0.25, 0.3) is 5.57 Å². The largest absolute Gasteiger partial charge is 0.463 e. The van der Waals surface area contributed by atoms with Gasteiger partial charge in [0.1, 0.15) is 6.10 Å². The third kappa shape index (κ3) is 8.13. The minimum Gasteiger partial charge on any atom is -0.463 e. The van der Waals surface area contributed by atoms with Gasteiger partial charge in [-0.2, -0.15) is 0 Å². The molecular weight excluding hydrogens is 552 g/mol. The summed E-state index contributed by atoms with van der Waals surface area (Å²) < 4.78 is 5.64. The Kier molecular flexibility index (Phi) is 12.2. The van der Waals surface area contributed by atoms with Gasteiger partial charge < -0.3 is 9.84 Å². The van der Waals surface area contributed by atoms with Crippen LogP contribution in [-0.4, -0.2) is 23.3 Å². The number of hydrogen-bond acceptors (Lipinski definition) is 3. The van der Waals surface area contributed by atoms with Crippen molar-refractivity contribution < 1.29 is 14.6 Å². The highest BCUT2D eigenvalue weighted by atomic mass is 16.5. The summed E-state index contributed by atoms with van der Waals surface area (Å²) in [4.78, 5) is 11.7. The van der Waals surface area contributed by atoms with Crippen molar-refractivity contribution in [2.45, 2.75) is 125 Å². The fourth-order valence-corrected chi connectivity index (χ4v) is 9.58. The molecule has 3 nitrogen and oxygen atoms in total. The Morgan fingerprint density at radius 3 is 2.11 bits per heavy atom. The summed E-state index contributed by atoms with van der Waals surface area (Å²) in [5, 5.41) is 12.1. The average molecular weight is 615 g/mol. The second-order valence-corrected chi connectivity index (χ2v) is 15.6. The number of aliphatic hydroxyl groups is 1. The molecule has 2 fully saturated rings. The molecule has 3 heteroatoms. The predicted octanol–water partition coefficient (Wildman–Crippen LogP) is 10.8. The predicted molar refractivity (Wildman–Crippen MR) is 189 cm³/mol. The van der Waals surface area contributed by atoms with Crippen molar-refractivity contribution in [1.82, 2.24) is 0 Å². The molecule has 3 unspecified atom stereocenters. The summed E-state index contributed by atoms with van der Waals surface area (Å²) in [6.07, 6.45) is 11.9. The van der Waals surface area contributed by atoms with Crippen LogP contribution in [0.15, 0.2) is 66.7 Å². The molecular formula is C42H62O3. The zero-order chi connectivity index (χ0) is 32.8. The molecule has 2 aliphatic carbocycles. The third-order valence-electron chi connectivity index (χ3n) is 12.5. The van der Waals surface area contributed by atoms with E-state index >= 15 is 0 Å². The topological polar surface area (TPSA) is 46.5 Å². The summed E-state index contributed by atoms with van der Waals surface area (Å²) in [7, 11) is 0.